The molecule has 2 fully saturated rings. The van der Waals surface area contributed by atoms with E-state index < -0.39 is 46.6 Å². The van der Waals surface area contributed by atoms with Crippen molar-refractivity contribution in [3.63, 3.8) is 0 Å². The summed E-state index contributed by atoms with van der Waals surface area (Å²) in [5, 5.41) is 5.15. The Bertz CT molecular complexity index is 1650. The molecule has 0 radical (unpaired) electrons. The highest BCUT2D eigenvalue weighted by molar-refractivity contribution is 9.10. The summed E-state index contributed by atoms with van der Waals surface area (Å²) in [5.41, 5.74) is 0.681. The minimum absolute atomic E-state index is 0.208. The molecule has 1 aliphatic carbocycles. The minimum atomic E-state index is -3.64. The van der Waals surface area contributed by atoms with Gasteiger partial charge in [0.15, 0.2) is 10.8 Å². The molecule has 1 saturated heterocycles. The quantitative estimate of drug-likeness (QED) is 0.244. The van der Waals surface area contributed by atoms with Crippen LogP contribution in [0.25, 0.3) is 0 Å². The lowest BCUT2D eigenvalue weighted by atomic mass is 9.70. The SMILES string of the molecule is COC(=O)C1=C(C2CCN(S(=O)(=O)C3CC(C)(C(=O)OCC[Si](C)(C)C)C3)CC2)NC(c2nccs2)=NC1c1ccc(F)cc1Br. The van der Waals surface area contributed by atoms with Crippen molar-refractivity contribution in [1.82, 2.24) is 14.6 Å². The van der Waals surface area contributed by atoms with E-state index in [9.17, 15) is 22.4 Å². The van der Waals surface area contributed by atoms with E-state index in [2.05, 4.69) is 45.9 Å². The lowest BCUT2D eigenvalue weighted by molar-refractivity contribution is -0.159. The van der Waals surface area contributed by atoms with Crippen molar-refractivity contribution in [2.75, 3.05) is 26.8 Å². The number of carbonyl (C=O) groups is 2. The number of amidine groups is 1. The molecule has 0 bridgehead atoms. The van der Waals surface area contributed by atoms with Crippen LogP contribution < -0.4 is 5.32 Å². The number of nitrogens with one attached hydrogen (secondary N) is 1. The fraction of sp³-hybridized carbons (Fsp3) is 0.548. The molecule has 15 heteroatoms. The van der Waals surface area contributed by atoms with Crippen molar-refractivity contribution in [3.8, 4) is 0 Å². The van der Waals surface area contributed by atoms with Gasteiger partial charge in [0.2, 0.25) is 10.0 Å². The Labute approximate surface area is 283 Å². The number of benzene rings is 1. The van der Waals surface area contributed by atoms with E-state index in [0.29, 0.717) is 51.6 Å². The van der Waals surface area contributed by atoms with Crippen LogP contribution in [0, 0.1) is 17.2 Å². The highest BCUT2D eigenvalue weighted by Gasteiger charge is 2.54. The third kappa shape index (κ3) is 7.32. The third-order valence-corrected chi connectivity index (χ3v) is 14.4. The lowest BCUT2D eigenvalue weighted by Crippen LogP contribution is -2.54. The van der Waals surface area contributed by atoms with Gasteiger partial charge in [-0.25, -0.2) is 26.9 Å². The van der Waals surface area contributed by atoms with Gasteiger partial charge in [0.1, 0.15) is 11.9 Å². The smallest absolute Gasteiger partial charge is 0.338 e. The van der Waals surface area contributed by atoms with Crippen molar-refractivity contribution >= 4 is 63.1 Å². The van der Waals surface area contributed by atoms with Gasteiger partial charge < -0.3 is 14.8 Å². The second-order valence-corrected chi connectivity index (χ2v) is 23.2. The number of esters is 2. The lowest BCUT2D eigenvalue weighted by Gasteiger charge is -2.45. The number of sulfonamides is 1. The number of halogens is 2. The van der Waals surface area contributed by atoms with Gasteiger partial charge in [-0.15, -0.1) is 11.3 Å². The van der Waals surface area contributed by atoms with Crippen LogP contribution in [-0.2, 0) is 29.1 Å². The maximum absolute atomic E-state index is 14.0. The summed E-state index contributed by atoms with van der Waals surface area (Å²) in [7, 11) is -3.70. The average molecular weight is 756 g/mol. The molecule has 2 aromatic rings. The Morgan fingerprint density at radius 3 is 2.50 bits per heavy atom. The zero-order valence-electron chi connectivity index (χ0n) is 26.6. The van der Waals surface area contributed by atoms with Crippen molar-refractivity contribution in [2.45, 2.75) is 69.6 Å². The summed E-state index contributed by atoms with van der Waals surface area (Å²) >= 11 is 4.83. The first-order valence-electron chi connectivity index (χ1n) is 15.3. The Balaban J connectivity index is 1.33. The van der Waals surface area contributed by atoms with Gasteiger partial charge in [-0.05, 0) is 56.3 Å². The molecule has 1 atom stereocenters. The van der Waals surface area contributed by atoms with Crippen LogP contribution in [-0.4, -0.2) is 75.6 Å². The highest BCUT2D eigenvalue weighted by Crippen LogP contribution is 2.47. The van der Waals surface area contributed by atoms with Crippen LogP contribution in [0.4, 0.5) is 4.39 Å². The number of aromatic nitrogens is 1. The van der Waals surface area contributed by atoms with Gasteiger partial charge in [0.05, 0.1) is 30.0 Å². The summed E-state index contributed by atoms with van der Waals surface area (Å²) in [6.07, 6.45) is 3.04. The highest BCUT2D eigenvalue weighted by atomic mass is 79.9. The number of piperidine rings is 1. The van der Waals surface area contributed by atoms with Crippen LogP contribution >= 0.6 is 27.3 Å². The standard InChI is InChI=1S/C31H40BrFN4O6S2Si/c1-31(30(39)43-13-15-46(3,4)5)17-21(18-31)45(40,41)37-11-8-19(9-12-37)25-24(29(38)42-2)26(22-7-6-20(33)16-23(22)32)36-27(35-25)28-34-10-14-44-28/h6-7,10,14,16,19,21,26H,8-9,11-13,15,17-18H2,1-5H3,(H,35,36). The summed E-state index contributed by atoms with van der Waals surface area (Å²) in [5.74, 6) is -1.07. The van der Waals surface area contributed by atoms with Gasteiger partial charge in [0, 0.05) is 48.8 Å². The monoisotopic (exact) mass is 754 g/mol. The van der Waals surface area contributed by atoms with Crippen LogP contribution in [0.1, 0.15) is 49.2 Å². The normalized spacial score (nSPS) is 24.5. The van der Waals surface area contributed by atoms with Crippen LogP contribution in [0.3, 0.4) is 0 Å². The Hall–Kier alpha value is -2.46. The number of methoxy groups -OCH3 is 1. The number of nitrogens with zero attached hydrogens (tertiary/aromatic N) is 3. The van der Waals surface area contributed by atoms with Crippen LogP contribution in [0.2, 0.25) is 25.7 Å². The first kappa shape index (κ1) is 34.9. The first-order valence-corrected chi connectivity index (χ1v) is 22.2. The van der Waals surface area contributed by atoms with Crippen LogP contribution in [0.15, 0.2) is 50.5 Å². The molecule has 1 aromatic heterocycles. The third-order valence-electron chi connectivity index (χ3n) is 8.95. The van der Waals surface area contributed by atoms with Gasteiger partial charge >= 0.3 is 11.9 Å². The van der Waals surface area contributed by atoms with E-state index in [0.717, 1.165) is 6.04 Å². The van der Waals surface area contributed by atoms with Gasteiger partial charge in [-0.3, -0.25) is 9.79 Å². The maximum atomic E-state index is 14.0. The number of aliphatic imine (C=N–C) groups is 1. The van der Waals surface area contributed by atoms with E-state index in [1.807, 2.05) is 5.38 Å². The number of carbonyl (C=O) groups excluding carboxylic acids is 2. The molecule has 1 unspecified atom stereocenters. The molecule has 1 saturated carbocycles. The van der Waals surface area contributed by atoms with Crippen molar-refractivity contribution in [1.29, 1.82) is 0 Å². The molecule has 10 nitrogen and oxygen atoms in total. The molecule has 3 heterocycles. The molecular weight excluding hydrogens is 715 g/mol. The number of hydrogen-bond acceptors (Lipinski definition) is 10. The van der Waals surface area contributed by atoms with Crippen LogP contribution in [0.5, 0.6) is 0 Å². The summed E-state index contributed by atoms with van der Waals surface area (Å²) < 4.78 is 54.0. The fourth-order valence-corrected chi connectivity index (χ4v) is 10.3. The summed E-state index contributed by atoms with van der Waals surface area (Å²) in [6.45, 7) is 9.32. The van der Waals surface area contributed by atoms with E-state index >= 15 is 0 Å². The fourth-order valence-electron chi connectivity index (χ4n) is 6.18. The van der Waals surface area contributed by atoms with Gasteiger partial charge in [0.25, 0.3) is 0 Å². The molecule has 1 aromatic carbocycles. The van der Waals surface area contributed by atoms with Crippen molar-refractivity contribution in [2.24, 2.45) is 16.3 Å². The second-order valence-electron chi connectivity index (χ2n) is 13.6. The molecule has 46 heavy (non-hydrogen) atoms. The van der Waals surface area contributed by atoms with E-state index in [1.165, 1.54) is 34.9 Å². The number of rotatable bonds is 10. The van der Waals surface area contributed by atoms with Crippen molar-refractivity contribution < 1.29 is 31.9 Å². The molecule has 5 rings (SSSR count). The van der Waals surface area contributed by atoms with E-state index in [4.69, 9.17) is 14.5 Å². The predicted molar refractivity (Wildman–Crippen MR) is 181 cm³/mol. The van der Waals surface area contributed by atoms with Gasteiger partial charge in [-0.2, -0.15) is 0 Å². The topological polar surface area (TPSA) is 127 Å². The largest absolute Gasteiger partial charge is 0.466 e. The second kappa shape index (κ2) is 13.6. The Morgan fingerprint density at radius 1 is 1.22 bits per heavy atom. The average Bonchev–Trinajstić information content (AvgIpc) is 3.53. The molecule has 3 aliphatic rings. The number of ether oxygens (including phenoxy) is 2. The summed E-state index contributed by atoms with van der Waals surface area (Å²) in [6, 6.07) is 4.29. The summed E-state index contributed by atoms with van der Waals surface area (Å²) in [4.78, 5) is 35.4. The van der Waals surface area contributed by atoms with E-state index in [1.54, 1.807) is 19.2 Å². The van der Waals surface area contributed by atoms with E-state index in [-0.39, 0.29) is 37.8 Å². The minimum Gasteiger partial charge on any atom is -0.466 e. The molecular formula is C31H40BrFN4O6S2Si. The molecule has 1 N–H and O–H groups in total. The number of hydrogen-bond donors (Lipinski definition) is 1. The maximum Gasteiger partial charge on any atom is 0.338 e. The van der Waals surface area contributed by atoms with Gasteiger partial charge in [-0.1, -0.05) is 41.6 Å². The molecule has 2 aliphatic heterocycles. The number of allylic oxidation sites excluding steroid dienone is 1. The zero-order chi connectivity index (χ0) is 33.4. The molecule has 0 spiro atoms. The number of thiazole rings is 1. The molecule has 0 amide bonds. The Morgan fingerprint density at radius 2 is 1.91 bits per heavy atom. The Kier molecular flexibility index (Phi) is 10.3. The van der Waals surface area contributed by atoms with Crippen molar-refractivity contribution in [3.05, 3.63) is 61.9 Å². The molecule has 250 valence electrons. The predicted octanol–water partition coefficient (Wildman–Crippen LogP) is 5.65. The first-order chi connectivity index (χ1) is 21.6. The zero-order valence-corrected chi connectivity index (χ0v) is 30.9.